The number of guanidine groups is 1. The zero-order chi connectivity index (χ0) is 19.2. The van der Waals surface area contributed by atoms with Crippen molar-refractivity contribution in [2.75, 3.05) is 77.9 Å². The highest BCUT2D eigenvalue weighted by molar-refractivity contribution is 14.0. The van der Waals surface area contributed by atoms with E-state index in [0.29, 0.717) is 11.7 Å². The molecular weight excluding hydrogens is 470 g/mol. The quantitative estimate of drug-likeness (QED) is 0.385. The van der Waals surface area contributed by atoms with Crippen LogP contribution in [0.15, 0.2) is 29.3 Å². The number of halogens is 2. The van der Waals surface area contributed by atoms with Crippen molar-refractivity contribution in [2.24, 2.45) is 4.99 Å². The van der Waals surface area contributed by atoms with Gasteiger partial charge in [-0.25, -0.2) is 4.39 Å². The molecule has 8 heteroatoms. The summed E-state index contributed by atoms with van der Waals surface area (Å²) >= 11 is 0. The summed E-state index contributed by atoms with van der Waals surface area (Å²) in [6.45, 7) is 10.3. The van der Waals surface area contributed by atoms with Gasteiger partial charge >= 0.3 is 0 Å². The Labute approximate surface area is 185 Å². The first-order valence-corrected chi connectivity index (χ1v) is 10.00. The predicted molar refractivity (Wildman–Crippen MR) is 125 cm³/mol. The highest BCUT2D eigenvalue weighted by Gasteiger charge is 2.24. The Morgan fingerprint density at radius 1 is 1.11 bits per heavy atom. The van der Waals surface area contributed by atoms with Crippen LogP contribution in [0.4, 0.5) is 10.1 Å². The minimum atomic E-state index is -0.143. The van der Waals surface area contributed by atoms with E-state index in [1.807, 2.05) is 12.1 Å². The average molecular weight is 504 g/mol. The van der Waals surface area contributed by atoms with Crippen molar-refractivity contribution >= 4 is 35.6 Å². The number of aliphatic imine (C=N–C) groups is 1. The van der Waals surface area contributed by atoms with Gasteiger partial charge in [-0.15, -0.1) is 24.0 Å². The van der Waals surface area contributed by atoms with Gasteiger partial charge in [0.15, 0.2) is 5.96 Å². The summed E-state index contributed by atoms with van der Waals surface area (Å²) in [5.41, 5.74) is 0.700. The van der Waals surface area contributed by atoms with Crippen LogP contribution in [0.25, 0.3) is 0 Å². The third-order valence-corrected chi connectivity index (χ3v) is 5.54. The van der Waals surface area contributed by atoms with Gasteiger partial charge in [0, 0.05) is 58.4 Å². The number of nitrogens with zero attached hydrogens (tertiary/aromatic N) is 5. The van der Waals surface area contributed by atoms with E-state index in [-0.39, 0.29) is 29.8 Å². The SMILES string of the molecule is CCNC(=NCC1CN(C)CCN1C)N1CCN(c2ccccc2F)CC1.I. The maximum atomic E-state index is 14.0. The summed E-state index contributed by atoms with van der Waals surface area (Å²) in [6, 6.07) is 7.49. The number of nitrogens with one attached hydrogen (secondary N) is 1. The van der Waals surface area contributed by atoms with Gasteiger partial charge in [-0.05, 0) is 33.2 Å². The fraction of sp³-hybridized carbons (Fsp3) is 0.650. The molecule has 1 unspecified atom stereocenters. The molecule has 0 amide bonds. The van der Waals surface area contributed by atoms with Gasteiger partial charge in [-0.3, -0.25) is 9.89 Å². The fourth-order valence-corrected chi connectivity index (χ4v) is 3.78. The van der Waals surface area contributed by atoms with Crippen LogP contribution in [0.2, 0.25) is 0 Å². The molecule has 0 aromatic heterocycles. The Morgan fingerprint density at radius 2 is 1.82 bits per heavy atom. The van der Waals surface area contributed by atoms with Crippen molar-refractivity contribution in [3.63, 3.8) is 0 Å². The standard InChI is InChI=1S/C20H33FN6.HI/c1-4-22-20(23-15-17-16-24(2)9-10-25(17)3)27-13-11-26(12-14-27)19-8-6-5-7-18(19)21;/h5-8,17H,4,9-16H2,1-3H3,(H,22,23);1H. The zero-order valence-corrected chi connectivity index (χ0v) is 19.6. The number of piperazine rings is 2. The van der Waals surface area contributed by atoms with E-state index in [1.54, 1.807) is 6.07 Å². The highest BCUT2D eigenvalue weighted by atomic mass is 127. The smallest absolute Gasteiger partial charge is 0.194 e. The number of anilines is 1. The maximum absolute atomic E-state index is 14.0. The van der Waals surface area contributed by atoms with Gasteiger partial charge in [-0.2, -0.15) is 0 Å². The summed E-state index contributed by atoms with van der Waals surface area (Å²) in [5.74, 6) is 0.836. The topological polar surface area (TPSA) is 37.4 Å². The molecule has 2 aliphatic rings. The Hall–Kier alpha value is -1.13. The second kappa shape index (κ2) is 11.2. The maximum Gasteiger partial charge on any atom is 0.194 e. The van der Waals surface area contributed by atoms with Crippen molar-refractivity contribution in [2.45, 2.75) is 13.0 Å². The molecule has 1 atom stereocenters. The molecule has 158 valence electrons. The first-order chi connectivity index (χ1) is 13.1. The van der Waals surface area contributed by atoms with E-state index in [4.69, 9.17) is 4.99 Å². The molecule has 0 radical (unpaired) electrons. The lowest BCUT2D eigenvalue weighted by Crippen LogP contribution is -2.54. The van der Waals surface area contributed by atoms with Gasteiger partial charge in [-0.1, -0.05) is 12.1 Å². The third-order valence-electron chi connectivity index (χ3n) is 5.54. The first kappa shape index (κ1) is 23.2. The van der Waals surface area contributed by atoms with Crippen LogP contribution < -0.4 is 10.2 Å². The van der Waals surface area contributed by atoms with Crippen LogP contribution in [0, 0.1) is 5.82 Å². The van der Waals surface area contributed by atoms with Crippen LogP contribution in [0.5, 0.6) is 0 Å². The van der Waals surface area contributed by atoms with E-state index in [2.05, 4.69) is 45.9 Å². The van der Waals surface area contributed by atoms with Crippen LogP contribution in [-0.2, 0) is 0 Å². The summed E-state index contributed by atoms with van der Waals surface area (Å²) in [7, 11) is 4.37. The monoisotopic (exact) mass is 504 g/mol. The molecule has 3 rings (SSSR count). The van der Waals surface area contributed by atoms with E-state index in [0.717, 1.165) is 64.9 Å². The van der Waals surface area contributed by atoms with Crippen molar-refractivity contribution in [3.8, 4) is 0 Å². The van der Waals surface area contributed by atoms with Gasteiger partial charge in [0.2, 0.25) is 0 Å². The molecule has 2 aliphatic heterocycles. The minimum Gasteiger partial charge on any atom is -0.366 e. The summed E-state index contributed by atoms with van der Waals surface area (Å²) in [4.78, 5) is 14.1. The van der Waals surface area contributed by atoms with Crippen molar-refractivity contribution in [1.29, 1.82) is 0 Å². The van der Waals surface area contributed by atoms with E-state index in [9.17, 15) is 4.39 Å². The zero-order valence-electron chi connectivity index (χ0n) is 17.3. The van der Waals surface area contributed by atoms with Crippen molar-refractivity contribution < 1.29 is 4.39 Å². The van der Waals surface area contributed by atoms with E-state index < -0.39 is 0 Å². The summed E-state index contributed by atoms with van der Waals surface area (Å²) in [5, 5.41) is 3.44. The van der Waals surface area contributed by atoms with E-state index >= 15 is 0 Å². The van der Waals surface area contributed by atoms with Crippen LogP contribution in [-0.4, -0.2) is 99.7 Å². The summed E-state index contributed by atoms with van der Waals surface area (Å²) < 4.78 is 14.0. The van der Waals surface area contributed by atoms with Gasteiger partial charge in [0.1, 0.15) is 5.82 Å². The molecule has 6 nitrogen and oxygen atoms in total. The normalized spacial score (nSPS) is 22.1. The molecule has 0 saturated carbocycles. The number of benzene rings is 1. The lowest BCUT2D eigenvalue weighted by molar-refractivity contribution is 0.119. The largest absolute Gasteiger partial charge is 0.366 e. The molecule has 2 heterocycles. The van der Waals surface area contributed by atoms with Gasteiger partial charge in [0.05, 0.1) is 12.2 Å². The lowest BCUT2D eigenvalue weighted by Gasteiger charge is -2.39. The molecule has 1 aromatic carbocycles. The van der Waals surface area contributed by atoms with Crippen LogP contribution >= 0.6 is 24.0 Å². The lowest BCUT2D eigenvalue weighted by atomic mass is 10.2. The average Bonchev–Trinajstić information content (AvgIpc) is 2.68. The second-order valence-electron chi connectivity index (χ2n) is 7.52. The predicted octanol–water partition coefficient (Wildman–Crippen LogP) is 1.78. The third kappa shape index (κ3) is 5.93. The molecule has 1 aromatic rings. The molecule has 2 saturated heterocycles. The number of rotatable bonds is 4. The number of hydrogen-bond acceptors (Lipinski definition) is 4. The Kier molecular flexibility index (Phi) is 9.23. The number of hydrogen-bond donors (Lipinski definition) is 1. The number of para-hydroxylation sites is 1. The highest BCUT2D eigenvalue weighted by Crippen LogP contribution is 2.20. The van der Waals surface area contributed by atoms with Crippen molar-refractivity contribution in [3.05, 3.63) is 30.1 Å². The van der Waals surface area contributed by atoms with Crippen LogP contribution in [0.1, 0.15) is 6.92 Å². The molecular formula is C20H34FIN6. The Balaban J connectivity index is 0.00000280. The molecule has 28 heavy (non-hydrogen) atoms. The van der Waals surface area contributed by atoms with E-state index in [1.165, 1.54) is 6.07 Å². The molecule has 0 bridgehead atoms. The molecule has 2 fully saturated rings. The molecule has 0 spiro atoms. The van der Waals surface area contributed by atoms with Crippen molar-refractivity contribution in [1.82, 2.24) is 20.0 Å². The minimum absolute atomic E-state index is 0. The Morgan fingerprint density at radius 3 is 2.50 bits per heavy atom. The second-order valence-corrected chi connectivity index (χ2v) is 7.52. The summed E-state index contributed by atoms with van der Waals surface area (Å²) in [6.07, 6.45) is 0. The van der Waals surface area contributed by atoms with Crippen LogP contribution in [0.3, 0.4) is 0 Å². The van der Waals surface area contributed by atoms with Gasteiger partial charge < -0.3 is 20.0 Å². The molecule has 1 N–H and O–H groups in total. The number of likely N-dealkylation sites (N-methyl/N-ethyl adjacent to an activating group) is 2. The Bertz CT molecular complexity index is 635. The van der Waals surface area contributed by atoms with Gasteiger partial charge in [0.25, 0.3) is 0 Å². The fourth-order valence-electron chi connectivity index (χ4n) is 3.78. The molecule has 0 aliphatic carbocycles. The first-order valence-electron chi connectivity index (χ1n) is 10.00.